The molecule has 36 heavy (non-hydrogen) atoms. The van der Waals surface area contributed by atoms with Gasteiger partial charge in [0.1, 0.15) is 11.6 Å². The Hall–Kier alpha value is -4.59. The number of halogens is 1. The van der Waals surface area contributed by atoms with E-state index in [2.05, 4.69) is 20.2 Å². The molecule has 0 unspecified atom stereocenters. The minimum absolute atomic E-state index is 0.0518. The van der Waals surface area contributed by atoms with Crippen molar-refractivity contribution in [2.45, 2.75) is 26.8 Å². The van der Waals surface area contributed by atoms with E-state index < -0.39 is 0 Å². The Balaban J connectivity index is 1.70. The third-order valence-electron chi connectivity index (χ3n) is 5.53. The van der Waals surface area contributed by atoms with Gasteiger partial charge < -0.3 is 15.2 Å². The second kappa shape index (κ2) is 9.58. The van der Waals surface area contributed by atoms with Crippen LogP contribution in [0, 0.1) is 5.82 Å². The molecular formula is C28H25FN6O. The van der Waals surface area contributed by atoms with Gasteiger partial charge in [0, 0.05) is 18.7 Å². The van der Waals surface area contributed by atoms with E-state index in [0.29, 0.717) is 5.82 Å². The lowest BCUT2D eigenvalue weighted by atomic mass is 10.1. The SMILES string of the molecule is CC(=O)Nc1ccc(Nc2cc3nc4ccccc4n(-c4ccc(F)cc4)c-3c/c2=N\C(C)C)cn1. The molecule has 2 aromatic carbocycles. The van der Waals surface area contributed by atoms with Crippen LogP contribution in [0.25, 0.3) is 28.1 Å². The number of carbonyl (C=O) groups is 1. The zero-order chi connectivity index (χ0) is 25.2. The molecule has 2 heterocycles. The summed E-state index contributed by atoms with van der Waals surface area (Å²) in [5, 5.41) is 6.83. The van der Waals surface area contributed by atoms with Gasteiger partial charge >= 0.3 is 0 Å². The van der Waals surface area contributed by atoms with Gasteiger partial charge in [-0.2, -0.15) is 0 Å². The van der Waals surface area contributed by atoms with Gasteiger partial charge in [-0.25, -0.2) is 14.4 Å². The highest BCUT2D eigenvalue weighted by atomic mass is 19.1. The Morgan fingerprint density at radius 1 is 1.03 bits per heavy atom. The van der Waals surface area contributed by atoms with Gasteiger partial charge in [-0.1, -0.05) is 12.1 Å². The van der Waals surface area contributed by atoms with Crippen molar-refractivity contribution < 1.29 is 9.18 Å². The van der Waals surface area contributed by atoms with Crippen LogP contribution in [0.3, 0.4) is 0 Å². The Morgan fingerprint density at radius 2 is 1.81 bits per heavy atom. The number of para-hydroxylation sites is 2. The van der Waals surface area contributed by atoms with Crippen LogP contribution in [-0.2, 0) is 4.79 Å². The topological polar surface area (TPSA) is 84.2 Å². The molecule has 0 radical (unpaired) electrons. The standard InChI is InChI=1S/C28H25FN6O/c1-17(2)31-24-15-27-25(14-23(24)33-20-10-13-28(30-16-20)32-18(3)36)34-22-6-4-5-7-26(22)35(27)21-11-8-19(29)9-12-21/h4-17,33H,1-3H3,(H,30,32,36)/b31-24+. The maximum atomic E-state index is 13.7. The quantitative estimate of drug-likeness (QED) is 0.317. The Kier molecular flexibility index (Phi) is 6.16. The molecule has 3 aromatic rings. The van der Waals surface area contributed by atoms with Gasteiger partial charge in [-0.05, 0) is 74.5 Å². The molecular weight excluding hydrogens is 455 g/mol. The van der Waals surface area contributed by atoms with Crippen LogP contribution >= 0.6 is 0 Å². The first-order chi connectivity index (χ1) is 17.4. The molecule has 2 N–H and O–H groups in total. The number of anilines is 3. The van der Waals surface area contributed by atoms with Crippen LogP contribution in [0.5, 0.6) is 0 Å². The summed E-state index contributed by atoms with van der Waals surface area (Å²) in [6.07, 6.45) is 1.65. The largest absolute Gasteiger partial charge is 0.352 e. The number of amides is 1. The van der Waals surface area contributed by atoms with E-state index in [9.17, 15) is 9.18 Å². The maximum Gasteiger partial charge on any atom is 0.222 e. The van der Waals surface area contributed by atoms with Gasteiger partial charge in [0.05, 0.1) is 45.4 Å². The Morgan fingerprint density at radius 3 is 2.50 bits per heavy atom. The molecule has 1 aliphatic carbocycles. The fourth-order valence-electron chi connectivity index (χ4n) is 4.07. The molecule has 0 fully saturated rings. The minimum atomic E-state index is -0.290. The molecule has 8 heteroatoms. The van der Waals surface area contributed by atoms with Gasteiger partial charge in [0.25, 0.3) is 0 Å². The van der Waals surface area contributed by atoms with E-state index >= 15 is 0 Å². The number of fused-ring (bicyclic) bond motifs is 2. The maximum absolute atomic E-state index is 13.7. The molecule has 0 spiro atoms. The number of rotatable bonds is 5. The molecule has 180 valence electrons. The molecule has 0 saturated carbocycles. The lowest BCUT2D eigenvalue weighted by molar-refractivity contribution is -0.114. The van der Waals surface area contributed by atoms with Crippen LogP contribution in [0.1, 0.15) is 20.8 Å². The van der Waals surface area contributed by atoms with Crippen molar-refractivity contribution in [2.24, 2.45) is 4.99 Å². The smallest absolute Gasteiger partial charge is 0.222 e. The van der Waals surface area contributed by atoms with Gasteiger partial charge in [0.2, 0.25) is 5.91 Å². The molecule has 5 rings (SSSR count). The molecule has 7 nitrogen and oxygen atoms in total. The summed E-state index contributed by atoms with van der Waals surface area (Å²) in [4.78, 5) is 25.3. The van der Waals surface area contributed by atoms with E-state index in [1.165, 1.54) is 19.1 Å². The van der Waals surface area contributed by atoms with Crippen LogP contribution < -0.4 is 16.0 Å². The third-order valence-corrected chi connectivity index (χ3v) is 5.53. The van der Waals surface area contributed by atoms with E-state index in [-0.39, 0.29) is 17.8 Å². The number of benzene rings is 3. The zero-order valence-corrected chi connectivity index (χ0v) is 20.2. The fourth-order valence-corrected chi connectivity index (χ4v) is 4.07. The van der Waals surface area contributed by atoms with Crippen molar-refractivity contribution in [1.82, 2.24) is 14.5 Å². The van der Waals surface area contributed by atoms with Crippen LogP contribution in [0.4, 0.5) is 21.6 Å². The van der Waals surface area contributed by atoms with E-state index in [4.69, 9.17) is 9.98 Å². The fraction of sp³-hybridized carbons (Fsp3) is 0.143. The number of carbonyl (C=O) groups excluding carboxylic acids is 1. The number of nitrogens with one attached hydrogen (secondary N) is 2. The number of aromatic nitrogens is 3. The van der Waals surface area contributed by atoms with Crippen LogP contribution in [0.2, 0.25) is 0 Å². The summed E-state index contributed by atoms with van der Waals surface area (Å²) in [6.45, 7) is 5.48. The Labute approximate surface area is 207 Å². The van der Waals surface area contributed by atoms with Crippen molar-refractivity contribution in [3.8, 4) is 17.1 Å². The van der Waals surface area contributed by atoms with E-state index in [1.54, 1.807) is 24.4 Å². The normalized spacial score (nSPS) is 11.9. The monoisotopic (exact) mass is 480 g/mol. The average Bonchev–Trinajstić information content (AvgIpc) is 2.84. The van der Waals surface area contributed by atoms with Gasteiger partial charge in [0.15, 0.2) is 0 Å². The second-order valence-corrected chi connectivity index (χ2v) is 8.73. The molecule has 1 aromatic heterocycles. The summed E-state index contributed by atoms with van der Waals surface area (Å²) in [5.41, 5.74) is 5.68. The first-order valence-corrected chi connectivity index (χ1v) is 11.6. The first kappa shape index (κ1) is 23.2. The van der Waals surface area contributed by atoms with Crippen molar-refractivity contribution in [2.75, 3.05) is 10.6 Å². The highest BCUT2D eigenvalue weighted by Gasteiger charge is 2.17. The van der Waals surface area contributed by atoms with Crippen molar-refractivity contribution in [1.29, 1.82) is 0 Å². The van der Waals surface area contributed by atoms with Gasteiger partial charge in [-0.3, -0.25) is 9.79 Å². The summed E-state index contributed by atoms with van der Waals surface area (Å²) in [6, 6.07) is 21.9. The minimum Gasteiger partial charge on any atom is -0.352 e. The predicted octanol–water partition coefficient (Wildman–Crippen LogP) is 5.68. The summed E-state index contributed by atoms with van der Waals surface area (Å²) < 4.78 is 15.8. The number of hydrogen-bond donors (Lipinski definition) is 2. The number of hydrogen-bond acceptors (Lipinski definition) is 5. The second-order valence-electron chi connectivity index (χ2n) is 8.73. The molecule has 2 aliphatic rings. The Bertz CT molecular complexity index is 1590. The van der Waals surface area contributed by atoms with Crippen LogP contribution in [0.15, 0.2) is 84.0 Å². The van der Waals surface area contributed by atoms with Crippen molar-refractivity contribution in [3.63, 3.8) is 0 Å². The number of nitrogens with zero attached hydrogens (tertiary/aromatic N) is 4. The third kappa shape index (κ3) is 4.79. The van der Waals surface area contributed by atoms with Gasteiger partial charge in [-0.15, -0.1) is 0 Å². The molecule has 0 atom stereocenters. The number of pyridine rings is 1. The lowest BCUT2D eigenvalue weighted by Crippen LogP contribution is -2.16. The van der Waals surface area contributed by atoms with Crippen molar-refractivity contribution >= 4 is 34.1 Å². The highest BCUT2D eigenvalue weighted by Crippen LogP contribution is 2.30. The first-order valence-electron chi connectivity index (χ1n) is 11.6. The summed E-state index contributed by atoms with van der Waals surface area (Å²) in [5.74, 6) is 0.0118. The lowest BCUT2D eigenvalue weighted by Gasteiger charge is -2.20. The molecule has 1 aliphatic heterocycles. The van der Waals surface area contributed by atoms with Crippen molar-refractivity contribution in [3.05, 3.63) is 90.2 Å². The summed E-state index contributed by atoms with van der Waals surface area (Å²) in [7, 11) is 0. The molecule has 0 bridgehead atoms. The highest BCUT2D eigenvalue weighted by molar-refractivity contribution is 5.88. The molecule has 1 amide bonds. The zero-order valence-electron chi connectivity index (χ0n) is 20.2. The average molecular weight is 481 g/mol. The van der Waals surface area contributed by atoms with E-state index in [0.717, 1.165) is 44.8 Å². The van der Waals surface area contributed by atoms with Crippen LogP contribution in [-0.4, -0.2) is 26.5 Å². The van der Waals surface area contributed by atoms with E-state index in [1.807, 2.05) is 56.3 Å². The summed E-state index contributed by atoms with van der Waals surface area (Å²) >= 11 is 0. The predicted molar refractivity (Wildman–Crippen MR) is 140 cm³/mol. The molecule has 0 saturated heterocycles.